The molecule has 0 aliphatic carbocycles. The van der Waals surface area contributed by atoms with Crippen LogP contribution in [-0.2, 0) is 9.59 Å². The van der Waals surface area contributed by atoms with Crippen LogP contribution in [-0.4, -0.2) is 30.1 Å². The normalized spacial score (nSPS) is 19.2. The maximum atomic E-state index is 12.1. The molecule has 0 radical (unpaired) electrons. The monoisotopic (exact) mass is 290 g/mol. The number of carbonyl (C=O) groups excluding carboxylic acids is 1. The zero-order valence-corrected chi connectivity index (χ0v) is 12.5. The van der Waals surface area contributed by atoms with Crippen LogP contribution in [0.15, 0.2) is 24.3 Å². The van der Waals surface area contributed by atoms with Gasteiger partial charge in [0.15, 0.2) is 0 Å². The van der Waals surface area contributed by atoms with Gasteiger partial charge in [-0.25, -0.2) is 0 Å². The molecule has 2 rings (SSSR count). The van der Waals surface area contributed by atoms with E-state index in [1.165, 1.54) is 0 Å². The van der Waals surface area contributed by atoms with Crippen molar-refractivity contribution in [2.24, 2.45) is 5.41 Å². The smallest absolute Gasteiger partial charge is 0.311 e. The van der Waals surface area contributed by atoms with Gasteiger partial charge in [-0.3, -0.25) is 9.59 Å². The Bertz CT molecular complexity index is 544. The second kappa shape index (κ2) is 6.16. The molecule has 0 fully saturated rings. The average molecular weight is 290 g/mol. The molecule has 1 aliphatic heterocycles. The minimum Gasteiger partial charge on any atom is -0.481 e. The van der Waals surface area contributed by atoms with Gasteiger partial charge in [-0.1, -0.05) is 25.1 Å². The molecule has 2 atom stereocenters. The van der Waals surface area contributed by atoms with Gasteiger partial charge in [0, 0.05) is 31.1 Å². The van der Waals surface area contributed by atoms with Gasteiger partial charge in [0.1, 0.15) is 0 Å². The highest BCUT2D eigenvalue weighted by Crippen LogP contribution is 2.33. The summed E-state index contributed by atoms with van der Waals surface area (Å²) in [5.74, 6) is -0.823. The predicted molar refractivity (Wildman–Crippen MR) is 81.3 cm³/mol. The summed E-state index contributed by atoms with van der Waals surface area (Å²) in [6.45, 7) is 4.38. The Morgan fingerprint density at radius 1 is 1.43 bits per heavy atom. The van der Waals surface area contributed by atoms with Crippen molar-refractivity contribution >= 4 is 17.6 Å². The highest BCUT2D eigenvalue weighted by Gasteiger charge is 2.32. The van der Waals surface area contributed by atoms with E-state index < -0.39 is 11.4 Å². The van der Waals surface area contributed by atoms with Gasteiger partial charge in [-0.15, -0.1) is 0 Å². The van der Waals surface area contributed by atoms with Gasteiger partial charge in [-0.05, 0) is 25.0 Å². The number of hydrogen-bond donors (Lipinski definition) is 3. The molecule has 0 saturated heterocycles. The minimum atomic E-state index is -0.901. The molecular formula is C16H22N2O3. The molecule has 0 bridgehead atoms. The van der Waals surface area contributed by atoms with Gasteiger partial charge in [0.2, 0.25) is 5.91 Å². The standard InChI is InChI=1S/C16H22N2O3/c1-3-16(2,15(20)21)10-18-14(19)8-11-9-17-13-7-5-4-6-12(11)13/h4-7,11,17H,3,8-10H2,1-2H3,(H,18,19)(H,20,21). The molecule has 2 unspecified atom stereocenters. The number of carbonyl (C=O) groups is 2. The lowest BCUT2D eigenvalue weighted by molar-refractivity contribution is -0.148. The number of para-hydroxylation sites is 1. The number of fused-ring (bicyclic) bond motifs is 1. The zero-order valence-electron chi connectivity index (χ0n) is 12.5. The summed E-state index contributed by atoms with van der Waals surface area (Å²) in [7, 11) is 0. The summed E-state index contributed by atoms with van der Waals surface area (Å²) in [5.41, 5.74) is 1.34. The summed E-state index contributed by atoms with van der Waals surface area (Å²) >= 11 is 0. The highest BCUT2D eigenvalue weighted by atomic mass is 16.4. The Morgan fingerprint density at radius 2 is 2.14 bits per heavy atom. The van der Waals surface area contributed by atoms with Crippen molar-refractivity contribution in [2.75, 3.05) is 18.4 Å². The van der Waals surface area contributed by atoms with Crippen LogP contribution in [0, 0.1) is 5.41 Å². The van der Waals surface area contributed by atoms with Crippen LogP contribution >= 0.6 is 0 Å². The molecular weight excluding hydrogens is 268 g/mol. The molecule has 1 heterocycles. The number of hydrogen-bond acceptors (Lipinski definition) is 3. The van der Waals surface area contributed by atoms with Crippen LogP contribution in [0.4, 0.5) is 5.69 Å². The second-order valence-corrected chi connectivity index (χ2v) is 5.87. The van der Waals surface area contributed by atoms with Crippen molar-refractivity contribution in [3.05, 3.63) is 29.8 Å². The van der Waals surface area contributed by atoms with Crippen LogP contribution in [0.3, 0.4) is 0 Å². The lowest BCUT2D eigenvalue weighted by Gasteiger charge is -2.23. The summed E-state index contributed by atoms with van der Waals surface area (Å²) in [6, 6.07) is 7.97. The van der Waals surface area contributed by atoms with Gasteiger partial charge in [0.05, 0.1) is 5.41 Å². The Morgan fingerprint density at radius 3 is 2.81 bits per heavy atom. The first kappa shape index (κ1) is 15.4. The van der Waals surface area contributed by atoms with Crippen molar-refractivity contribution in [2.45, 2.75) is 32.6 Å². The van der Waals surface area contributed by atoms with Crippen molar-refractivity contribution in [3.8, 4) is 0 Å². The van der Waals surface area contributed by atoms with Gasteiger partial charge < -0.3 is 15.7 Å². The molecule has 3 N–H and O–H groups in total. The summed E-state index contributed by atoms with van der Waals surface area (Å²) in [6.07, 6.45) is 0.861. The Labute approximate surface area is 124 Å². The molecule has 5 heteroatoms. The number of rotatable bonds is 6. The topological polar surface area (TPSA) is 78.4 Å². The number of amides is 1. The fourth-order valence-corrected chi connectivity index (χ4v) is 2.48. The van der Waals surface area contributed by atoms with Gasteiger partial charge in [0.25, 0.3) is 0 Å². The number of carboxylic acid groups (broad SMARTS) is 1. The second-order valence-electron chi connectivity index (χ2n) is 5.87. The molecule has 1 aromatic rings. The maximum absolute atomic E-state index is 12.1. The fraction of sp³-hybridized carbons (Fsp3) is 0.500. The lowest BCUT2D eigenvalue weighted by Crippen LogP contribution is -2.41. The van der Waals surface area contributed by atoms with Gasteiger partial charge in [-0.2, -0.15) is 0 Å². The van der Waals surface area contributed by atoms with Crippen LogP contribution < -0.4 is 10.6 Å². The Balaban J connectivity index is 1.90. The molecule has 21 heavy (non-hydrogen) atoms. The Hall–Kier alpha value is -2.04. The van der Waals surface area contributed by atoms with E-state index in [0.29, 0.717) is 12.8 Å². The van der Waals surface area contributed by atoms with E-state index in [1.54, 1.807) is 6.92 Å². The number of aliphatic carboxylic acids is 1. The average Bonchev–Trinajstić information content (AvgIpc) is 2.88. The minimum absolute atomic E-state index is 0.0978. The molecule has 0 aromatic heterocycles. The SMILES string of the molecule is CCC(C)(CNC(=O)CC1CNc2ccccc21)C(=O)O. The third kappa shape index (κ3) is 3.35. The molecule has 1 aliphatic rings. The van der Waals surface area contributed by atoms with Crippen LogP contribution in [0.5, 0.6) is 0 Å². The van der Waals surface area contributed by atoms with Crippen molar-refractivity contribution in [3.63, 3.8) is 0 Å². The first-order valence-electron chi connectivity index (χ1n) is 7.29. The number of nitrogens with one attached hydrogen (secondary N) is 2. The first-order valence-corrected chi connectivity index (χ1v) is 7.29. The molecule has 0 spiro atoms. The predicted octanol–water partition coefficient (Wildman–Crippen LogP) is 2.20. The van der Waals surface area contributed by atoms with Gasteiger partial charge >= 0.3 is 5.97 Å². The van der Waals surface area contributed by atoms with Crippen LogP contribution in [0.2, 0.25) is 0 Å². The van der Waals surface area contributed by atoms with E-state index in [4.69, 9.17) is 0 Å². The first-order chi connectivity index (χ1) is 9.96. The van der Waals surface area contributed by atoms with Crippen molar-refractivity contribution in [1.82, 2.24) is 5.32 Å². The summed E-state index contributed by atoms with van der Waals surface area (Å²) < 4.78 is 0. The fourth-order valence-electron chi connectivity index (χ4n) is 2.48. The number of anilines is 1. The molecule has 0 saturated carbocycles. The third-order valence-electron chi connectivity index (χ3n) is 4.34. The quantitative estimate of drug-likeness (QED) is 0.750. The molecule has 1 aromatic carbocycles. The largest absolute Gasteiger partial charge is 0.481 e. The highest BCUT2D eigenvalue weighted by molar-refractivity contribution is 5.80. The van der Waals surface area contributed by atoms with E-state index in [0.717, 1.165) is 17.8 Å². The van der Waals surface area contributed by atoms with Crippen LogP contribution in [0.1, 0.15) is 38.2 Å². The van der Waals surface area contributed by atoms with Crippen molar-refractivity contribution < 1.29 is 14.7 Å². The summed E-state index contributed by atoms with van der Waals surface area (Å²) in [5, 5.41) is 15.2. The van der Waals surface area contributed by atoms with E-state index in [2.05, 4.69) is 10.6 Å². The number of carboxylic acids is 1. The van der Waals surface area contributed by atoms with Crippen LogP contribution in [0.25, 0.3) is 0 Å². The summed E-state index contributed by atoms with van der Waals surface area (Å²) in [4.78, 5) is 23.3. The molecule has 114 valence electrons. The van der Waals surface area contributed by atoms with E-state index in [-0.39, 0.29) is 18.4 Å². The van der Waals surface area contributed by atoms with Crippen molar-refractivity contribution in [1.29, 1.82) is 0 Å². The zero-order chi connectivity index (χ0) is 15.5. The lowest BCUT2D eigenvalue weighted by atomic mass is 9.87. The Kier molecular flexibility index (Phi) is 4.50. The van der Waals surface area contributed by atoms with E-state index >= 15 is 0 Å². The molecule has 1 amide bonds. The number of benzene rings is 1. The van der Waals surface area contributed by atoms with E-state index in [9.17, 15) is 14.7 Å². The third-order valence-corrected chi connectivity index (χ3v) is 4.34. The van der Waals surface area contributed by atoms with E-state index in [1.807, 2.05) is 31.2 Å². The molecule has 5 nitrogen and oxygen atoms in total. The maximum Gasteiger partial charge on any atom is 0.311 e.